The van der Waals surface area contributed by atoms with Gasteiger partial charge >= 0.3 is 0 Å². The number of aliphatic hydroxyl groups excluding tert-OH is 1. The average molecular weight is 459 g/mol. The van der Waals surface area contributed by atoms with Crippen molar-refractivity contribution in [2.24, 2.45) is 0 Å². The molecule has 1 aliphatic heterocycles. The summed E-state index contributed by atoms with van der Waals surface area (Å²) >= 11 is 0. The number of aliphatic hydroxyl groups is 1. The third kappa shape index (κ3) is 4.50. The molecule has 1 amide bonds. The van der Waals surface area contributed by atoms with Gasteiger partial charge in [0.15, 0.2) is 0 Å². The number of anilines is 1. The van der Waals surface area contributed by atoms with Crippen molar-refractivity contribution in [2.45, 2.75) is 32.9 Å². The third-order valence-electron chi connectivity index (χ3n) is 5.37. The number of nitrogens with zero attached hydrogens (tertiary/aromatic N) is 2. The quantitative estimate of drug-likeness (QED) is 0.308. The van der Waals surface area contributed by atoms with Crippen molar-refractivity contribution in [1.29, 1.82) is 0 Å². The van der Waals surface area contributed by atoms with E-state index in [1.165, 1.54) is 4.90 Å². The van der Waals surface area contributed by atoms with Crippen LogP contribution in [-0.2, 0) is 9.59 Å². The highest BCUT2D eigenvalue weighted by atomic mass is 16.5. The normalized spacial score (nSPS) is 17.3. The Bertz CT molecular complexity index is 1220. The summed E-state index contributed by atoms with van der Waals surface area (Å²) in [6, 6.07) is 16.4. The lowest BCUT2D eigenvalue weighted by Crippen LogP contribution is -2.29. The summed E-state index contributed by atoms with van der Waals surface area (Å²) < 4.78 is 11.2. The molecule has 1 atom stereocenters. The number of ketones is 1. The van der Waals surface area contributed by atoms with Crippen molar-refractivity contribution >= 4 is 23.1 Å². The Morgan fingerprint density at radius 2 is 1.74 bits per heavy atom. The molecule has 0 radical (unpaired) electrons. The second-order valence-corrected chi connectivity index (χ2v) is 8.07. The van der Waals surface area contributed by atoms with Gasteiger partial charge in [-0.2, -0.15) is 0 Å². The molecule has 2 heterocycles. The van der Waals surface area contributed by atoms with E-state index < -0.39 is 17.7 Å². The van der Waals surface area contributed by atoms with Crippen LogP contribution in [0.2, 0.25) is 0 Å². The first-order valence-corrected chi connectivity index (χ1v) is 11.1. The summed E-state index contributed by atoms with van der Waals surface area (Å²) in [5, 5.41) is 11.2. The zero-order valence-electron chi connectivity index (χ0n) is 19.3. The summed E-state index contributed by atoms with van der Waals surface area (Å²) in [5.41, 5.74) is 1.57. The van der Waals surface area contributed by atoms with Gasteiger partial charge in [0.25, 0.3) is 11.7 Å². The average Bonchev–Trinajstić information content (AvgIpc) is 3.10. The molecule has 2 aromatic carbocycles. The number of benzene rings is 2. The predicted molar refractivity (Wildman–Crippen MR) is 129 cm³/mol. The van der Waals surface area contributed by atoms with Crippen molar-refractivity contribution in [3.63, 3.8) is 0 Å². The summed E-state index contributed by atoms with van der Waals surface area (Å²) in [6.45, 7) is 6.18. The Kier molecular flexibility index (Phi) is 6.63. The van der Waals surface area contributed by atoms with Crippen LogP contribution < -0.4 is 14.4 Å². The molecule has 34 heavy (non-hydrogen) atoms. The van der Waals surface area contributed by atoms with Crippen LogP contribution in [0.1, 0.15) is 37.9 Å². The molecule has 3 aromatic rings. The Hall–Kier alpha value is -4.13. The number of hydrogen-bond donors (Lipinski definition) is 1. The van der Waals surface area contributed by atoms with Crippen molar-refractivity contribution in [2.75, 3.05) is 11.5 Å². The Morgan fingerprint density at radius 3 is 2.38 bits per heavy atom. The fraction of sp³-hybridized carbons (Fsp3) is 0.222. The zero-order chi connectivity index (χ0) is 24.2. The van der Waals surface area contributed by atoms with Gasteiger partial charge in [0, 0.05) is 29.7 Å². The number of ether oxygens (including phenoxy) is 2. The van der Waals surface area contributed by atoms with E-state index in [4.69, 9.17) is 9.47 Å². The van der Waals surface area contributed by atoms with Crippen LogP contribution in [-0.4, -0.2) is 34.5 Å². The van der Waals surface area contributed by atoms with Gasteiger partial charge in [0.1, 0.15) is 17.3 Å². The number of Topliss-reactive ketones (excluding diaryl/α,β-unsaturated/α-hetero) is 1. The zero-order valence-corrected chi connectivity index (χ0v) is 19.3. The highest BCUT2D eigenvalue weighted by molar-refractivity contribution is 6.51. The third-order valence-corrected chi connectivity index (χ3v) is 5.37. The summed E-state index contributed by atoms with van der Waals surface area (Å²) in [7, 11) is 0. The second-order valence-electron chi connectivity index (χ2n) is 8.07. The van der Waals surface area contributed by atoms with E-state index >= 15 is 0 Å². The molecule has 1 saturated heterocycles. The summed E-state index contributed by atoms with van der Waals surface area (Å²) in [5.74, 6) is -0.512. The van der Waals surface area contributed by atoms with E-state index in [0.717, 1.165) is 0 Å². The number of amides is 1. The van der Waals surface area contributed by atoms with Gasteiger partial charge in [-0.3, -0.25) is 19.5 Å². The van der Waals surface area contributed by atoms with Crippen molar-refractivity contribution in [3.8, 4) is 11.5 Å². The molecule has 1 N–H and O–H groups in total. The minimum atomic E-state index is -0.827. The first-order chi connectivity index (χ1) is 16.4. The van der Waals surface area contributed by atoms with Crippen molar-refractivity contribution in [3.05, 3.63) is 89.8 Å². The smallest absolute Gasteiger partial charge is 0.300 e. The number of carbonyl (C=O) groups excluding carboxylic acids is 2. The van der Waals surface area contributed by atoms with Gasteiger partial charge in [-0.15, -0.1) is 0 Å². The maximum atomic E-state index is 13.2. The topological polar surface area (TPSA) is 89.0 Å². The number of rotatable bonds is 7. The monoisotopic (exact) mass is 458 g/mol. The van der Waals surface area contributed by atoms with Crippen LogP contribution >= 0.6 is 0 Å². The van der Waals surface area contributed by atoms with E-state index in [9.17, 15) is 14.7 Å². The fourth-order valence-corrected chi connectivity index (χ4v) is 3.97. The Morgan fingerprint density at radius 1 is 1.03 bits per heavy atom. The molecule has 0 aliphatic carbocycles. The summed E-state index contributed by atoms with van der Waals surface area (Å²) in [4.78, 5) is 31.9. The van der Waals surface area contributed by atoms with E-state index in [0.29, 0.717) is 34.9 Å². The fourth-order valence-electron chi connectivity index (χ4n) is 3.97. The van der Waals surface area contributed by atoms with E-state index in [-0.39, 0.29) is 17.4 Å². The van der Waals surface area contributed by atoms with E-state index in [1.807, 2.05) is 20.8 Å². The molecule has 4 rings (SSSR count). The maximum absolute atomic E-state index is 13.2. The van der Waals surface area contributed by atoms with Gasteiger partial charge in [-0.05, 0) is 74.9 Å². The first kappa shape index (κ1) is 23.0. The maximum Gasteiger partial charge on any atom is 0.300 e. The Labute approximate surface area is 198 Å². The van der Waals surface area contributed by atoms with Gasteiger partial charge in [0.05, 0.1) is 24.3 Å². The largest absolute Gasteiger partial charge is 0.507 e. The molecule has 1 aromatic heterocycles. The van der Waals surface area contributed by atoms with Gasteiger partial charge < -0.3 is 14.6 Å². The van der Waals surface area contributed by atoms with Gasteiger partial charge in [-0.1, -0.05) is 6.07 Å². The predicted octanol–water partition coefficient (Wildman–Crippen LogP) is 4.89. The number of carbonyl (C=O) groups is 2. The van der Waals surface area contributed by atoms with Gasteiger partial charge in [-0.25, -0.2) is 0 Å². The van der Waals surface area contributed by atoms with Gasteiger partial charge in [0.2, 0.25) is 0 Å². The minimum Gasteiger partial charge on any atom is -0.507 e. The molecule has 1 unspecified atom stereocenters. The standard InChI is InChI=1S/C27H26N2O5/c1-4-33-22-7-5-6-20(16-22)29-24(18-12-14-28-15-13-18)23(26(31)27(29)32)25(30)19-8-10-21(11-9-19)34-17(2)3/h5-17,24,30H,4H2,1-3H3/b25-23+. The number of hydrogen-bond acceptors (Lipinski definition) is 6. The molecule has 1 fully saturated rings. The van der Waals surface area contributed by atoms with Crippen molar-refractivity contribution in [1.82, 2.24) is 4.98 Å². The SMILES string of the molecule is CCOc1cccc(N2C(=O)C(=O)/C(=C(/O)c3ccc(OC(C)C)cc3)C2c2ccncc2)c1. The Balaban J connectivity index is 1.84. The molecular formula is C27H26N2O5. The second kappa shape index (κ2) is 9.79. The summed E-state index contributed by atoms with van der Waals surface area (Å²) in [6.07, 6.45) is 3.18. The van der Waals surface area contributed by atoms with Crippen molar-refractivity contribution < 1.29 is 24.2 Å². The molecule has 7 heteroatoms. The molecular weight excluding hydrogens is 432 g/mol. The molecule has 0 saturated carbocycles. The highest BCUT2D eigenvalue weighted by Gasteiger charge is 2.47. The number of pyridine rings is 1. The van der Waals surface area contributed by atoms with Crippen LogP contribution in [0.3, 0.4) is 0 Å². The van der Waals surface area contributed by atoms with Crippen LogP contribution in [0.4, 0.5) is 5.69 Å². The molecule has 1 aliphatic rings. The van der Waals surface area contributed by atoms with E-state index in [2.05, 4.69) is 4.98 Å². The van der Waals surface area contributed by atoms with Crippen LogP contribution in [0.5, 0.6) is 11.5 Å². The molecule has 0 bridgehead atoms. The number of aromatic nitrogens is 1. The first-order valence-electron chi connectivity index (χ1n) is 11.1. The van der Waals surface area contributed by atoms with Crippen LogP contribution in [0.25, 0.3) is 5.76 Å². The lowest BCUT2D eigenvalue weighted by Gasteiger charge is -2.25. The molecule has 0 spiro atoms. The molecule has 174 valence electrons. The van der Waals surface area contributed by atoms with E-state index in [1.54, 1.807) is 73.1 Å². The lowest BCUT2D eigenvalue weighted by atomic mass is 9.95. The molecule has 7 nitrogen and oxygen atoms in total. The minimum absolute atomic E-state index is 0.00362. The highest BCUT2D eigenvalue weighted by Crippen LogP contribution is 2.42. The van der Waals surface area contributed by atoms with Crippen LogP contribution in [0.15, 0.2) is 78.6 Å². The lowest BCUT2D eigenvalue weighted by molar-refractivity contribution is -0.132. The van der Waals surface area contributed by atoms with Crippen LogP contribution in [0, 0.1) is 0 Å².